The van der Waals surface area contributed by atoms with Gasteiger partial charge in [0.1, 0.15) is 0 Å². The Morgan fingerprint density at radius 3 is 2.76 bits per heavy atom. The van der Waals surface area contributed by atoms with E-state index in [1.165, 1.54) is 13.0 Å². The van der Waals surface area contributed by atoms with Crippen LogP contribution in [0.25, 0.3) is 0 Å². The SMILES string of the molecule is CCC(CC)n1ccc(CNCCCN2CCOCC2)n1. The number of rotatable bonds is 9. The first-order chi connectivity index (χ1) is 10.3. The van der Waals surface area contributed by atoms with Crippen molar-refractivity contribution in [3.63, 3.8) is 0 Å². The molecule has 120 valence electrons. The van der Waals surface area contributed by atoms with E-state index in [-0.39, 0.29) is 0 Å². The summed E-state index contributed by atoms with van der Waals surface area (Å²) in [5.41, 5.74) is 1.15. The van der Waals surface area contributed by atoms with Crippen LogP contribution in [0.3, 0.4) is 0 Å². The zero-order valence-corrected chi connectivity index (χ0v) is 13.6. The molecular formula is C16H30N4O. The number of ether oxygens (including phenoxy) is 1. The summed E-state index contributed by atoms with van der Waals surface area (Å²) in [6.07, 6.45) is 5.59. The molecule has 1 N–H and O–H groups in total. The van der Waals surface area contributed by atoms with Crippen LogP contribution in [0.15, 0.2) is 12.3 Å². The molecule has 1 fully saturated rings. The lowest BCUT2D eigenvalue weighted by Gasteiger charge is -2.26. The molecule has 1 aromatic heterocycles. The fourth-order valence-corrected chi connectivity index (χ4v) is 2.81. The van der Waals surface area contributed by atoms with Crippen LogP contribution in [0.4, 0.5) is 0 Å². The second kappa shape index (κ2) is 9.18. The lowest BCUT2D eigenvalue weighted by atomic mass is 10.2. The minimum atomic E-state index is 0.542. The van der Waals surface area contributed by atoms with Crippen molar-refractivity contribution >= 4 is 0 Å². The van der Waals surface area contributed by atoms with E-state index in [0.717, 1.165) is 57.9 Å². The monoisotopic (exact) mass is 294 g/mol. The van der Waals surface area contributed by atoms with Gasteiger partial charge >= 0.3 is 0 Å². The van der Waals surface area contributed by atoms with E-state index >= 15 is 0 Å². The van der Waals surface area contributed by atoms with E-state index < -0.39 is 0 Å². The van der Waals surface area contributed by atoms with E-state index in [2.05, 4.69) is 46.1 Å². The highest BCUT2D eigenvalue weighted by atomic mass is 16.5. The molecule has 0 spiro atoms. The average Bonchev–Trinajstić information content (AvgIpc) is 2.98. The van der Waals surface area contributed by atoms with Gasteiger partial charge in [0.25, 0.3) is 0 Å². The summed E-state index contributed by atoms with van der Waals surface area (Å²) in [6.45, 7) is 11.5. The molecule has 5 heteroatoms. The van der Waals surface area contributed by atoms with Crippen LogP contribution in [0.2, 0.25) is 0 Å². The summed E-state index contributed by atoms with van der Waals surface area (Å²) < 4.78 is 7.47. The van der Waals surface area contributed by atoms with E-state index in [1.54, 1.807) is 0 Å². The molecule has 0 aromatic carbocycles. The topological polar surface area (TPSA) is 42.3 Å². The molecule has 1 aromatic rings. The molecule has 5 nitrogen and oxygen atoms in total. The molecule has 1 aliphatic rings. The summed E-state index contributed by atoms with van der Waals surface area (Å²) in [5, 5.41) is 8.16. The van der Waals surface area contributed by atoms with Gasteiger partial charge in [-0.2, -0.15) is 5.10 Å². The van der Waals surface area contributed by atoms with Crippen LogP contribution in [0, 0.1) is 0 Å². The van der Waals surface area contributed by atoms with Gasteiger partial charge in [-0.3, -0.25) is 9.58 Å². The quantitative estimate of drug-likeness (QED) is 0.708. The molecular weight excluding hydrogens is 264 g/mol. The predicted octanol–water partition coefficient (Wildman–Crippen LogP) is 2.06. The largest absolute Gasteiger partial charge is 0.379 e. The zero-order chi connectivity index (χ0) is 14.9. The number of hydrogen-bond acceptors (Lipinski definition) is 4. The molecule has 0 bridgehead atoms. The summed E-state index contributed by atoms with van der Waals surface area (Å²) in [4.78, 5) is 2.48. The highest BCUT2D eigenvalue weighted by molar-refractivity contribution is 4.99. The van der Waals surface area contributed by atoms with Gasteiger partial charge in [0, 0.05) is 25.8 Å². The zero-order valence-electron chi connectivity index (χ0n) is 13.6. The molecule has 21 heavy (non-hydrogen) atoms. The molecule has 1 aliphatic heterocycles. The molecule has 0 radical (unpaired) electrons. The van der Waals surface area contributed by atoms with Crippen LogP contribution in [-0.2, 0) is 11.3 Å². The Morgan fingerprint density at radius 1 is 1.29 bits per heavy atom. The van der Waals surface area contributed by atoms with Gasteiger partial charge in [-0.05, 0) is 38.4 Å². The normalized spacial score (nSPS) is 16.7. The number of aromatic nitrogens is 2. The van der Waals surface area contributed by atoms with Gasteiger partial charge in [0.2, 0.25) is 0 Å². The second-order valence-electron chi connectivity index (χ2n) is 5.74. The first kappa shape index (κ1) is 16.5. The standard InChI is InChI=1S/C16H30N4O/c1-3-16(4-2)20-9-6-15(18-20)14-17-7-5-8-19-10-12-21-13-11-19/h6,9,16-17H,3-5,7-8,10-14H2,1-2H3. The minimum Gasteiger partial charge on any atom is -0.379 e. The molecule has 0 amide bonds. The predicted molar refractivity (Wildman–Crippen MR) is 85.4 cm³/mol. The lowest BCUT2D eigenvalue weighted by molar-refractivity contribution is 0.0374. The minimum absolute atomic E-state index is 0.542. The van der Waals surface area contributed by atoms with E-state index in [4.69, 9.17) is 4.74 Å². The maximum absolute atomic E-state index is 5.36. The van der Waals surface area contributed by atoms with Gasteiger partial charge in [0.05, 0.1) is 24.9 Å². The maximum Gasteiger partial charge on any atom is 0.0762 e. The summed E-state index contributed by atoms with van der Waals surface area (Å²) in [7, 11) is 0. The Kier molecular flexibility index (Phi) is 7.19. The van der Waals surface area contributed by atoms with Crippen molar-refractivity contribution < 1.29 is 4.74 Å². The van der Waals surface area contributed by atoms with Crippen LogP contribution < -0.4 is 5.32 Å². The molecule has 0 atom stereocenters. The third-order valence-electron chi connectivity index (χ3n) is 4.22. The third-order valence-corrected chi connectivity index (χ3v) is 4.22. The number of nitrogens with one attached hydrogen (secondary N) is 1. The Bertz CT molecular complexity index is 383. The van der Waals surface area contributed by atoms with E-state index in [9.17, 15) is 0 Å². The molecule has 2 heterocycles. The van der Waals surface area contributed by atoms with E-state index in [1.807, 2.05) is 0 Å². The second-order valence-corrected chi connectivity index (χ2v) is 5.74. The highest BCUT2D eigenvalue weighted by Crippen LogP contribution is 2.14. The van der Waals surface area contributed by atoms with Crippen LogP contribution in [-0.4, -0.2) is 54.1 Å². The first-order valence-corrected chi connectivity index (χ1v) is 8.38. The number of hydrogen-bond donors (Lipinski definition) is 1. The van der Waals surface area contributed by atoms with Crippen molar-refractivity contribution in [1.82, 2.24) is 20.0 Å². The third kappa shape index (κ3) is 5.41. The Balaban J connectivity index is 1.60. The lowest BCUT2D eigenvalue weighted by Crippen LogP contribution is -2.37. The highest BCUT2D eigenvalue weighted by Gasteiger charge is 2.09. The molecule has 1 saturated heterocycles. The molecule has 0 saturated carbocycles. The van der Waals surface area contributed by atoms with Gasteiger partial charge in [-0.15, -0.1) is 0 Å². The summed E-state index contributed by atoms with van der Waals surface area (Å²) in [5.74, 6) is 0. The van der Waals surface area contributed by atoms with Gasteiger partial charge < -0.3 is 10.1 Å². The van der Waals surface area contributed by atoms with Gasteiger partial charge in [0.15, 0.2) is 0 Å². The Morgan fingerprint density at radius 2 is 2.05 bits per heavy atom. The maximum atomic E-state index is 5.36. The van der Waals surface area contributed by atoms with Gasteiger partial charge in [-0.1, -0.05) is 13.8 Å². The van der Waals surface area contributed by atoms with Crippen molar-refractivity contribution in [1.29, 1.82) is 0 Å². The fraction of sp³-hybridized carbons (Fsp3) is 0.812. The van der Waals surface area contributed by atoms with Crippen molar-refractivity contribution in [2.24, 2.45) is 0 Å². The van der Waals surface area contributed by atoms with Crippen molar-refractivity contribution in [3.8, 4) is 0 Å². The Hall–Kier alpha value is -0.910. The first-order valence-electron chi connectivity index (χ1n) is 8.38. The van der Waals surface area contributed by atoms with Crippen molar-refractivity contribution in [2.45, 2.75) is 45.7 Å². The number of nitrogens with zero attached hydrogens (tertiary/aromatic N) is 3. The van der Waals surface area contributed by atoms with E-state index in [0.29, 0.717) is 6.04 Å². The van der Waals surface area contributed by atoms with Crippen LogP contribution >= 0.6 is 0 Å². The average molecular weight is 294 g/mol. The van der Waals surface area contributed by atoms with Crippen molar-refractivity contribution in [3.05, 3.63) is 18.0 Å². The Labute approximate surface area is 128 Å². The molecule has 2 rings (SSSR count). The molecule has 0 unspecified atom stereocenters. The number of morpholine rings is 1. The fourth-order valence-electron chi connectivity index (χ4n) is 2.81. The van der Waals surface area contributed by atoms with Crippen LogP contribution in [0.1, 0.15) is 44.8 Å². The van der Waals surface area contributed by atoms with Gasteiger partial charge in [-0.25, -0.2) is 0 Å². The summed E-state index contributed by atoms with van der Waals surface area (Å²) in [6, 6.07) is 2.67. The molecule has 0 aliphatic carbocycles. The van der Waals surface area contributed by atoms with Crippen molar-refractivity contribution in [2.75, 3.05) is 39.4 Å². The smallest absolute Gasteiger partial charge is 0.0762 e. The van der Waals surface area contributed by atoms with Crippen LogP contribution in [0.5, 0.6) is 0 Å². The summed E-state index contributed by atoms with van der Waals surface area (Å²) >= 11 is 0.